The van der Waals surface area contributed by atoms with Gasteiger partial charge in [0, 0.05) is 12.6 Å². The second kappa shape index (κ2) is 5.28. The van der Waals surface area contributed by atoms with Gasteiger partial charge in [-0.3, -0.25) is 9.59 Å². The van der Waals surface area contributed by atoms with Crippen LogP contribution < -0.4 is 0 Å². The van der Waals surface area contributed by atoms with Crippen molar-refractivity contribution in [3.8, 4) is 0 Å². The van der Waals surface area contributed by atoms with Crippen molar-refractivity contribution < 1.29 is 14.7 Å². The zero-order chi connectivity index (χ0) is 13.3. The Morgan fingerprint density at radius 1 is 1.50 bits per heavy atom. The van der Waals surface area contributed by atoms with Gasteiger partial charge in [-0.15, -0.1) is 11.3 Å². The molecule has 1 aliphatic heterocycles. The van der Waals surface area contributed by atoms with Gasteiger partial charge in [0.05, 0.1) is 15.1 Å². The number of carbonyl (C=O) groups excluding carboxylic acids is 1. The summed E-state index contributed by atoms with van der Waals surface area (Å²) < 4.78 is 0.567. The highest BCUT2D eigenvalue weighted by atomic mass is 35.5. The number of likely N-dealkylation sites (tertiary alicyclic amines) is 1. The summed E-state index contributed by atoms with van der Waals surface area (Å²) in [6.45, 7) is 2.41. The largest absolute Gasteiger partial charge is 0.481 e. The van der Waals surface area contributed by atoms with Crippen molar-refractivity contribution >= 4 is 34.8 Å². The summed E-state index contributed by atoms with van der Waals surface area (Å²) >= 11 is 7.04. The predicted molar refractivity (Wildman–Crippen MR) is 70.2 cm³/mol. The van der Waals surface area contributed by atoms with Crippen molar-refractivity contribution in [3.63, 3.8) is 0 Å². The molecule has 1 saturated heterocycles. The first-order chi connectivity index (χ1) is 8.50. The lowest BCUT2D eigenvalue weighted by molar-refractivity contribution is -0.144. The first-order valence-corrected chi connectivity index (χ1v) is 6.99. The number of thiophene rings is 1. The van der Waals surface area contributed by atoms with Crippen LogP contribution in [0.25, 0.3) is 0 Å². The monoisotopic (exact) mass is 287 g/mol. The molecule has 0 bridgehead atoms. The molecule has 2 rings (SSSR count). The number of hydrogen-bond donors (Lipinski definition) is 1. The van der Waals surface area contributed by atoms with E-state index in [1.165, 1.54) is 11.3 Å². The summed E-state index contributed by atoms with van der Waals surface area (Å²) in [5, 5.41) is 9.13. The highest BCUT2D eigenvalue weighted by molar-refractivity contribution is 7.17. The third kappa shape index (κ3) is 2.52. The van der Waals surface area contributed by atoms with E-state index < -0.39 is 11.9 Å². The second-order valence-electron chi connectivity index (χ2n) is 4.43. The van der Waals surface area contributed by atoms with Crippen LogP contribution in [0.5, 0.6) is 0 Å². The van der Waals surface area contributed by atoms with E-state index in [1.807, 2.05) is 0 Å². The fourth-order valence-corrected chi connectivity index (χ4v) is 3.33. The number of nitrogens with zero attached hydrogens (tertiary/aromatic N) is 1. The number of carboxylic acid groups (broad SMARTS) is 1. The molecule has 0 spiro atoms. The van der Waals surface area contributed by atoms with Crippen LogP contribution in [0.2, 0.25) is 4.34 Å². The van der Waals surface area contributed by atoms with Gasteiger partial charge in [0.2, 0.25) is 0 Å². The van der Waals surface area contributed by atoms with Gasteiger partial charge < -0.3 is 10.0 Å². The average Bonchev–Trinajstić information content (AvgIpc) is 2.75. The van der Waals surface area contributed by atoms with Gasteiger partial charge in [-0.2, -0.15) is 0 Å². The molecule has 2 atom stereocenters. The van der Waals surface area contributed by atoms with Crippen LogP contribution in [0.15, 0.2) is 12.1 Å². The molecule has 0 unspecified atom stereocenters. The molecule has 0 aromatic carbocycles. The number of aliphatic carboxylic acids is 1. The Hall–Kier alpha value is -1.07. The van der Waals surface area contributed by atoms with Crippen LogP contribution in [0.3, 0.4) is 0 Å². The van der Waals surface area contributed by atoms with Gasteiger partial charge in [0.1, 0.15) is 0 Å². The maximum Gasteiger partial charge on any atom is 0.308 e. The molecule has 1 aromatic rings. The molecule has 1 fully saturated rings. The summed E-state index contributed by atoms with van der Waals surface area (Å²) in [6, 6.07) is 3.10. The van der Waals surface area contributed by atoms with Gasteiger partial charge in [0.15, 0.2) is 0 Å². The Bertz CT molecular complexity index is 474. The van der Waals surface area contributed by atoms with E-state index in [0.717, 1.165) is 6.42 Å². The Morgan fingerprint density at radius 2 is 2.22 bits per heavy atom. The Kier molecular flexibility index (Phi) is 3.92. The van der Waals surface area contributed by atoms with Crippen LogP contribution in [0.4, 0.5) is 0 Å². The molecular weight excluding hydrogens is 274 g/mol. The minimum atomic E-state index is -0.829. The molecule has 2 heterocycles. The van der Waals surface area contributed by atoms with Gasteiger partial charge >= 0.3 is 5.97 Å². The fraction of sp³-hybridized carbons (Fsp3) is 0.500. The van der Waals surface area contributed by atoms with Gasteiger partial charge in [0.25, 0.3) is 5.91 Å². The molecular formula is C12H14ClNO3S. The van der Waals surface area contributed by atoms with Crippen molar-refractivity contribution in [2.45, 2.75) is 25.8 Å². The number of piperidine rings is 1. The summed E-state index contributed by atoms with van der Waals surface area (Å²) in [4.78, 5) is 25.6. The molecule has 1 N–H and O–H groups in total. The molecule has 0 radical (unpaired) electrons. The maximum absolute atomic E-state index is 12.3. The lowest BCUT2D eigenvalue weighted by Gasteiger charge is -2.37. The number of carboxylic acids is 1. The van der Waals surface area contributed by atoms with E-state index in [1.54, 1.807) is 24.0 Å². The molecule has 1 amide bonds. The number of halogens is 1. The lowest BCUT2D eigenvalue weighted by atomic mass is 9.90. The zero-order valence-corrected chi connectivity index (χ0v) is 11.5. The van der Waals surface area contributed by atoms with Gasteiger partial charge in [-0.25, -0.2) is 0 Å². The highest BCUT2D eigenvalue weighted by Gasteiger charge is 2.35. The number of amides is 1. The molecule has 0 saturated carbocycles. The summed E-state index contributed by atoms with van der Waals surface area (Å²) in [6.07, 6.45) is 1.36. The normalized spacial score (nSPS) is 24.0. The third-order valence-electron chi connectivity index (χ3n) is 3.35. The van der Waals surface area contributed by atoms with E-state index >= 15 is 0 Å². The molecule has 18 heavy (non-hydrogen) atoms. The van der Waals surface area contributed by atoms with E-state index in [4.69, 9.17) is 16.7 Å². The van der Waals surface area contributed by atoms with Crippen LogP contribution in [0.1, 0.15) is 29.4 Å². The summed E-state index contributed by atoms with van der Waals surface area (Å²) in [7, 11) is 0. The molecule has 1 aliphatic rings. The summed E-state index contributed by atoms with van der Waals surface area (Å²) in [5.41, 5.74) is 0. The SMILES string of the molecule is C[C@@H]1[C@H](C(=O)O)CCCN1C(=O)c1ccc(Cl)s1. The Morgan fingerprint density at radius 3 is 2.78 bits per heavy atom. The smallest absolute Gasteiger partial charge is 0.308 e. The van der Waals surface area contributed by atoms with Crippen molar-refractivity contribution in [3.05, 3.63) is 21.3 Å². The fourth-order valence-electron chi connectivity index (χ4n) is 2.33. The molecule has 4 nitrogen and oxygen atoms in total. The highest BCUT2D eigenvalue weighted by Crippen LogP contribution is 2.28. The van der Waals surface area contributed by atoms with Crippen LogP contribution in [-0.2, 0) is 4.79 Å². The minimum Gasteiger partial charge on any atom is -0.481 e. The zero-order valence-electron chi connectivity index (χ0n) is 9.93. The molecule has 1 aromatic heterocycles. The maximum atomic E-state index is 12.3. The van der Waals surface area contributed by atoms with Crippen molar-refractivity contribution in [1.82, 2.24) is 4.90 Å². The Balaban J connectivity index is 2.17. The van der Waals surface area contributed by atoms with Crippen LogP contribution in [0, 0.1) is 5.92 Å². The van der Waals surface area contributed by atoms with E-state index in [-0.39, 0.29) is 11.9 Å². The van der Waals surface area contributed by atoms with E-state index in [9.17, 15) is 9.59 Å². The second-order valence-corrected chi connectivity index (χ2v) is 6.14. The molecule has 6 heteroatoms. The van der Waals surface area contributed by atoms with Crippen LogP contribution >= 0.6 is 22.9 Å². The lowest BCUT2D eigenvalue weighted by Crippen LogP contribution is -2.48. The summed E-state index contributed by atoms with van der Waals surface area (Å²) in [5.74, 6) is -1.42. The first-order valence-electron chi connectivity index (χ1n) is 5.80. The van der Waals surface area contributed by atoms with Crippen LogP contribution in [-0.4, -0.2) is 34.5 Å². The predicted octanol–water partition coefficient (Wildman–Crippen LogP) is 2.73. The topological polar surface area (TPSA) is 57.6 Å². The van der Waals surface area contributed by atoms with Crippen molar-refractivity contribution in [2.24, 2.45) is 5.92 Å². The van der Waals surface area contributed by atoms with Gasteiger partial charge in [-0.1, -0.05) is 11.6 Å². The number of hydrogen-bond acceptors (Lipinski definition) is 3. The number of rotatable bonds is 2. The minimum absolute atomic E-state index is 0.120. The van der Waals surface area contributed by atoms with E-state index in [2.05, 4.69) is 0 Å². The first kappa shape index (κ1) is 13.4. The third-order valence-corrected chi connectivity index (χ3v) is 4.57. The standard InChI is InChI=1S/C12H14ClNO3S/c1-7-8(12(16)17)3-2-6-14(7)11(15)9-4-5-10(13)18-9/h4-5,7-8H,2-3,6H2,1H3,(H,16,17)/t7-,8-/m1/s1. The van der Waals surface area contributed by atoms with Gasteiger partial charge in [-0.05, 0) is 31.9 Å². The van der Waals surface area contributed by atoms with Crippen molar-refractivity contribution in [1.29, 1.82) is 0 Å². The Labute approximate surface area is 114 Å². The van der Waals surface area contributed by atoms with E-state index in [0.29, 0.717) is 22.2 Å². The molecule has 0 aliphatic carbocycles. The van der Waals surface area contributed by atoms with Crippen molar-refractivity contribution in [2.75, 3.05) is 6.54 Å². The quantitative estimate of drug-likeness (QED) is 0.910. The average molecular weight is 288 g/mol. The molecule has 98 valence electrons. The number of carbonyl (C=O) groups is 2.